The summed E-state index contributed by atoms with van der Waals surface area (Å²) < 4.78 is 5.57. The van der Waals surface area contributed by atoms with Crippen molar-refractivity contribution < 1.29 is 9.53 Å². The molecule has 1 aliphatic rings. The summed E-state index contributed by atoms with van der Waals surface area (Å²) in [6, 6.07) is 3.61. The molecule has 21 heavy (non-hydrogen) atoms. The van der Waals surface area contributed by atoms with E-state index in [1.54, 1.807) is 6.07 Å². The Morgan fingerprint density at radius 3 is 2.81 bits per heavy atom. The van der Waals surface area contributed by atoms with Gasteiger partial charge in [-0.3, -0.25) is 4.79 Å². The Kier molecular flexibility index (Phi) is 4.80. The largest absolute Gasteiger partial charge is 0.375 e. The Morgan fingerprint density at radius 2 is 2.19 bits per heavy atom. The van der Waals surface area contributed by atoms with Crippen LogP contribution in [0.5, 0.6) is 0 Å². The van der Waals surface area contributed by atoms with Crippen molar-refractivity contribution in [1.29, 1.82) is 0 Å². The number of aromatic nitrogens is 1. The summed E-state index contributed by atoms with van der Waals surface area (Å²) in [5.74, 6) is 6.20. The predicted octanol–water partition coefficient (Wildman–Crippen LogP) is 1.74. The van der Waals surface area contributed by atoms with E-state index in [0.717, 1.165) is 5.69 Å². The average Bonchev–Trinajstić information content (AvgIpc) is 2.48. The van der Waals surface area contributed by atoms with Gasteiger partial charge < -0.3 is 15.1 Å². The molecule has 6 nitrogen and oxygen atoms in total. The maximum absolute atomic E-state index is 12.8. The lowest BCUT2D eigenvalue weighted by atomic mass is 10.1. The summed E-state index contributed by atoms with van der Waals surface area (Å²) >= 11 is 0. The second-order valence-electron chi connectivity index (χ2n) is 5.92. The van der Waals surface area contributed by atoms with Crippen molar-refractivity contribution in [2.45, 2.75) is 45.8 Å². The highest BCUT2D eigenvalue weighted by molar-refractivity contribution is 5.95. The van der Waals surface area contributed by atoms with Gasteiger partial charge in [0.15, 0.2) is 0 Å². The lowest BCUT2D eigenvalue weighted by Crippen LogP contribution is -2.50. The predicted molar refractivity (Wildman–Crippen MR) is 82.0 cm³/mol. The number of pyridine rings is 1. The summed E-state index contributed by atoms with van der Waals surface area (Å²) in [7, 11) is 0. The summed E-state index contributed by atoms with van der Waals surface area (Å²) in [4.78, 5) is 19.0. The number of hydrogen-bond donors (Lipinski definition) is 2. The van der Waals surface area contributed by atoms with Gasteiger partial charge in [0.1, 0.15) is 5.82 Å². The highest BCUT2D eigenvalue weighted by atomic mass is 16.5. The van der Waals surface area contributed by atoms with E-state index in [0.29, 0.717) is 24.5 Å². The van der Waals surface area contributed by atoms with Crippen molar-refractivity contribution in [2.24, 2.45) is 5.84 Å². The summed E-state index contributed by atoms with van der Waals surface area (Å²) in [5, 5.41) is 0. The molecule has 2 unspecified atom stereocenters. The number of rotatable bonds is 3. The SMILES string of the molecule is CC1CN(C(=O)c2cc(NN)nc(C(C)C)c2)C(C)CO1. The zero-order valence-corrected chi connectivity index (χ0v) is 13.1. The number of amides is 1. The van der Waals surface area contributed by atoms with Crippen molar-refractivity contribution in [1.82, 2.24) is 9.88 Å². The topological polar surface area (TPSA) is 80.5 Å². The van der Waals surface area contributed by atoms with Gasteiger partial charge in [-0.1, -0.05) is 13.8 Å². The molecule has 0 aliphatic carbocycles. The molecule has 1 fully saturated rings. The number of anilines is 1. The van der Waals surface area contributed by atoms with Crippen molar-refractivity contribution >= 4 is 11.7 Å². The van der Waals surface area contributed by atoms with Crippen LogP contribution in [0, 0.1) is 0 Å². The normalized spacial score (nSPS) is 22.5. The third-order valence-electron chi connectivity index (χ3n) is 3.70. The second kappa shape index (κ2) is 6.41. The number of carbonyl (C=O) groups excluding carboxylic acids is 1. The Hall–Kier alpha value is -1.66. The van der Waals surface area contributed by atoms with Gasteiger partial charge in [-0.15, -0.1) is 0 Å². The van der Waals surface area contributed by atoms with Crippen LogP contribution in [-0.4, -0.2) is 41.1 Å². The van der Waals surface area contributed by atoms with Gasteiger partial charge in [0.05, 0.1) is 18.8 Å². The van der Waals surface area contributed by atoms with Gasteiger partial charge in [0.25, 0.3) is 5.91 Å². The van der Waals surface area contributed by atoms with Crippen LogP contribution in [0.1, 0.15) is 49.7 Å². The Morgan fingerprint density at radius 1 is 1.48 bits per heavy atom. The average molecular weight is 292 g/mol. The van der Waals surface area contributed by atoms with Gasteiger partial charge in [-0.05, 0) is 31.9 Å². The number of hydrazine groups is 1. The van der Waals surface area contributed by atoms with E-state index in [1.807, 2.05) is 38.7 Å². The second-order valence-corrected chi connectivity index (χ2v) is 5.92. The molecular formula is C15H24N4O2. The van der Waals surface area contributed by atoms with Crippen LogP contribution in [-0.2, 0) is 4.74 Å². The van der Waals surface area contributed by atoms with Crippen LogP contribution in [0.4, 0.5) is 5.82 Å². The molecule has 0 aromatic carbocycles. The fraction of sp³-hybridized carbons (Fsp3) is 0.600. The standard InChI is InChI=1S/C15H24N4O2/c1-9(2)13-5-12(6-14(17-13)18-16)15(20)19-7-11(4)21-8-10(19)3/h5-6,9-11H,7-8,16H2,1-4H3,(H,17,18). The molecule has 0 radical (unpaired) electrons. The van der Waals surface area contributed by atoms with Crippen LogP contribution >= 0.6 is 0 Å². The third kappa shape index (κ3) is 3.51. The highest BCUT2D eigenvalue weighted by Crippen LogP contribution is 2.21. The van der Waals surface area contributed by atoms with E-state index in [-0.39, 0.29) is 24.0 Å². The molecule has 2 atom stereocenters. The minimum Gasteiger partial charge on any atom is -0.375 e. The summed E-state index contributed by atoms with van der Waals surface area (Å²) in [6.45, 7) is 9.22. The van der Waals surface area contributed by atoms with E-state index in [1.165, 1.54) is 0 Å². The smallest absolute Gasteiger partial charge is 0.254 e. The van der Waals surface area contributed by atoms with E-state index < -0.39 is 0 Å². The van der Waals surface area contributed by atoms with Crippen LogP contribution in [0.2, 0.25) is 0 Å². The van der Waals surface area contributed by atoms with E-state index in [9.17, 15) is 4.79 Å². The van der Waals surface area contributed by atoms with E-state index >= 15 is 0 Å². The fourth-order valence-electron chi connectivity index (χ4n) is 2.40. The molecule has 2 rings (SSSR count). The molecule has 0 saturated carbocycles. The number of ether oxygens (including phenoxy) is 1. The first-order valence-electron chi connectivity index (χ1n) is 7.33. The zero-order chi connectivity index (χ0) is 15.6. The lowest BCUT2D eigenvalue weighted by Gasteiger charge is -2.37. The number of morpholine rings is 1. The molecule has 1 saturated heterocycles. The maximum atomic E-state index is 12.8. The lowest BCUT2D eigenvalue weighted by molar-refractivity contribution is -0.0387. The van der Waals surface area contributed by atoms with Gasteiger partial charge >= 0.3 is 0 Å². The molecule has 2 heterocycles. The highest BCUT2D eigenvalue weighted by Gasteiger charge is 2.28. The molecule has 1 aromatic heterocycles. The Bertz CT molecular complexity index is 518. The number of nitrogen functional groups attached to an aromatic ring is 1. The van der Waals surface area contributed by atoms with Gasteiger partial charge in [-0.25, -0.2) is 10.8 Å². The van der Waals surface area contributed by atoms with Crippen LogP contribution in [0.15, 0.2) is 12.1 Å². The van der Waals surface area contributed by atoms with Crippen LogP contribution < -0.4 is 11.3 Å². The number of hydrogen-bond acceptors (Lipinski definition) is 5. The Balaban J connectivity index is 2.31. The molecule has 3 N–H and O–H groups in total. The number of nitrogens with two attached hydrogens (primary N) is 1. The van der Waals surface area contributed by atoms with E-state index in [4.69, 9.17) is 10.6 Å². The minimum absolute atomic E-state index is 0.00144. The summed E-state index contributed by atoms with van der Waals surface area (Å²) in [5.41, 5.74) is 4.00. The molecule has 0 spiro atoms. The summed E-state index contributed by atoms with van der Waals surface area (Å²) in [6.07, 6.45) is 0.0589. The molecule has 1 amide bonds. The van der Waals surface area contributed by atoms with Crippen molar-refractivity contribution in [3.05, 3.63) is 23.4 Å². The molecule has 6 heteroatoms. The fourth-order valence-corrected chi connectivity index (χ4v) is 2.40. The zero-order valence-electron chi connectivity index (χ0n) is 13.1. The molecule has 1 aliphatic heterocycles. The first-order valence-corrected chi connectivity index (χ1v) is 7.33. The van der Waals surface area contributed by atoms with E-state index in [2.05, 4.69) is 10.4 Å². The molecule has 116 valence electrons. The quantitative estimate of drug-likeness (QED) is 0.655. The van der Waals surface area contributed by atoms with Crippen molar-refractivity contribution in [3.63, 3.8) is 0 Å². The maximum Gasteiger partial charge on any atom is 0.254 e. The van der Waals surface area contributed by atoms with Crippen LogP contribution in [0.25, 0.3) is 0 Å². The van der Waals surface area contributed by atoms with Gasteiger partial charge in [-0.2, -0.15) is 0 Å². The molecule has 0 bridgehead atoms. The van der Waals surface area contributed by atoms with Gasteiger partial charge in [0.2, 0.25) is 0 Å². The van der Waals surface area contributed by atoms with Gasteiger partial charge in [0, 0.05) is 17.8 Å². The molecule has 1 aromatic rings. The number of nitrogens with zero attached hydrogens (tertiary/aromatic N) is 2. The molecular weight excluding hydrogens is 268 g/mol. The first kappa shape index (κ1) is 15.7. The third-order valence-corrected chi connectivity index (χ3v) is 3.70. The number of nitrogens with one attached hydrogen (secondary N) is 1. The van der Waals surface area contributed by atoms with Crippen molar-refractivity contribution in [2.75, 3.05) is 18.6 Å². The first-order chi connectivity index (χ1) is 9.92. The monoisotopic (exact) mass is 292 g/mol. The Labute approximate surface area is 125 Å². The van der Waals surface area contributed by atoms with Crippen molar-refractivity contribution in [3.8, 4) is 0 Å². The minimum atomic E-state index is -0.00144. The van der Waals surface area contributed by atoms with Crippen LogP contribution in [0.3, 0.4) is 0 Å². The number of carbonyl (C=O) groups is 1.